The molecule has 0 spiro atoms. The minimum absolute atomic E-state index is 0.0194. The Kier molecular flexibility index (Phi) is 3.76. The maximum Gasteiger partial charge on any atom is 0.250 e. The first-order valence-corrected chi connectivity index (χ1v) is 5.78. The molecule has 0 aliphatic heterocycles. The number of ether oxygens (including phenoxy) is 1. The van der Waals surface area contributed by atoms with Gasteiger partial charge in [0.15, 0.2) is 11.6 Å². The summed E-state index contributed by atoms with van der Waals surface area (Å²) in [5, 5.41) is -0.0899. The summed E-state index contributed by atoms with van der Waals surface area (Å²) in [5.41, 5.74) is 10.4. The largest absolute Gasteiger partial charge is 0.454 e. The molecule has 0 fully saturated rings. The third-order valence-electron chi connectivity index (χ3n) is 2.49. The van der Waals surface area contributed by atoms with Gasteiger partial charge >= 0.3 is 0 Å². The zero-order valence-corrected chi connectivity index (χ0v) is 10.7. The van der Waals surface area contributed by atoms with E-state index in [-0.39, 0.29) is 27.8 Å². The summed E-state index contributed by atoms with van der Waals surface area (Å²) in [7, 11) is 0. The highest BCUT2D eigenvalue weighted by Gasteiger charge is 2.14. The number of rotatable bonds is 3. The molecule has 4 N–H and O–H groups in total. The van der Waals surface area contributed by atoms with Crippen LogP contribution in [0.3, 0.4) is 0 Å². The molecule has 0 saturated carbocycles. The molecule has 0 heterocycles. The van der Waals surface area contributed by atoms with Crippen LogP contribution in [0.1, 0.15) is 10.4 Å². The van der Waals surface area contributed by atoms with Gasteiger partial charge in [-0.25, -0.2) is 8.78 Å². The van der Waals surface area contributed by atoms with Crippen LogP contribution in [0.5, 0.6) is 11.5 Å². The second-order valence-electron chi connectivity index (χ2n) is 3.91. The average molecular weight is 299 g/mol. The summed E-state index contributed by atoms with van der Waals surface area (Å²) in [6, 6.07) is 5.56. The molecular formula is C13H9ClF2N2O2. The average Bonchev–Trinajstić information content (AvgIpc) is 2.36. The molecule has 0 radical (unpaired) electrons. The molecule has 2 aromatic carbocycles. The normalized spacial score (nSPS) is 10.3. The van der Waals surface area contributed by atoms with Crippen molar-refractivity contribution in [3.05, 3.63) is 52.6 Å². The number of nitrogen functional groups attached to an aromatic ring is 1. The van der Waals surface area contributed by atoms with Gasteiger partial charge in [0, 0.05) is 17.8 Å². The molecule has 0 aliphatic carbocycles. The molecular weight excluding hydrogens is 290 g/mol. The Bertz CT molecular complexity index is 692. The van der Waals surface area contributed by atoms with Crippen molar-refractivity contribution >= 4 is 23.2 Å². The van der Waals surface area contributed by atoms with Gasteiger partial charge in [0.1, 0.15) is 11.6 Å². The molecule has 7 heteroatoms. The number of benzene rings is 2. The van der Waals surface area contributed by atoms with Crippen LogP contribution in [0, 0.1) is 11.6 Å². The van der Waals surface area contributed by atoms with Gasteiger partial charge in [-0.2, -0.15) is 0 Å². The third-order valence-corrected chi connectivity index (χ3v) is 2.79. The number of nitrogens with two attached hydrogens (primary N) is 2. The molecule has 20 heavy (non-hydrogen) atoms. The Hall–Kier alpha value is -2.34. The number of carbonyl (C=O) groups excluding carboxylic acids is 1. The molecule has 1 amide bonds. The maximum absolute atomic E-state index is 13.7. The van der Waals surface area contributed by atoms with E-state index in [4.69, 9.17) is 27.8 Å². The molecule has 4 nitrogen and oxygen atoms in total. The van der Waals surface area contributed by atoms with E-state index in [1.165, 1.54) is 12.1 Å². The van der Waals surface area contributed by atoms with Crippen molar-refractivity contribution in [2.75, 3.05) is 5.73 Å². The van der Waals surface area contributed by atoms with E-state index in [2.05, 4.69) is 0 Å². The summed E-state index contributed by atoms with van der Waals surface area (Å²) < 4.78 is 32.1. The summed E-state index contributed by atoms with van der Waals surface area (Å²) in [6.07, 6.45) is 0. The summed E-state index contributed by atoms with van der Waals surface area (Å²) in [4.78, 5) is 11.1. The molecule has 0 aliphatic rings. The third kappa shape index (κ3) is 2.80. The van der Waals surface area contributed by atoms with Crippen LogP contribution >= 0.6 is 11.6 Å². The Morgan fingerprint density at radius 1 is 1.15 bits per heavy atom. The predicted molar refractivity (Wildman–Crippen MR) is 70.8 cm³/mol. The van der Waals surface area contributed by atoms with E-state index < -0.39 is 17.5 Å². The molecule has 104 valence electrons. The smallest absolute Gasteiger partial charge is 0.250 e. The Morgan fingerprint density at radius 2 is 1.85 bits per heavy atom. The van der Waals surface area contributed by atoms with E-state index in [0.29, 0.717) is 0 Å². The number of anilines is 1. The van der Waals surface area contributed by atoms with Gasteiger partial charge in [0.25, 0.3) is 5.91 Å². The predicted octanol–water partition coefficient (Wildman–Crippen LogP) is 3.09. The summed E-state index contributed by atoms with van der Waals surface area (Å²) >= 11 is 5.52. The number of hydrogen-bond donors (Lipinski definition) is 2. The van der Waals surface area contributed by atoms with Gasteiger partial charge < -0.3 is 16.2 Å². The van der Waals surface area contributed by atoms with Crippen LogP contribution in [0.4, 0.5) is 14.5 Å². The lowest BCUT2D eigenvalue weighted by Crippen LogP contribution is -2.14. The standard InChI is InChI=1S/C13H9ClF2N2O2/c14-8-2-1-6(3-9(8)15)20-12-4-7(13(18)19)11(17)5-10(12)16/h1-5H,17H2,(H2,18,19). The van der Waals surface area contributed by atoms with E-state index in [1.54, 1.807) is 0 Å². The van der Waals surface area contributed by atoms with Crippen molar-refractivity contribution in [1.82, 2.24) is 0 Å². The highest BCUT2D eigenvalue weighted by atomic mass is 35.5. The fourth-order valence-electron chi connectivity index (χ4n) is 1.53. The van der Waals surface area contributed by atoms with Crippen LogP contribution < -0.4 is 16.2 Å². The second-order valence-corrected chi connectivity index (χ2v) is 4.32. The fraction of sp³-hybridized carbons (Fsp3) is 0. The van der Waals surface area contributed by atoms with Gasteiger partial charge in [0.2, 0.25) is 0 Å². The second kappa shape index (κ2) is 5.34. The Balaban J connectivity index is 2.40. The molecule has 0 bridgehead atoms. The summed E-state index contributed by atoms with van der Waals surface area (Å²) in [6.45, 7) is 0. The zero-order chi connectivity index (χ0) is 14.9. The molecule has 0 aromatic heterocycles. The first kappa shape index (κ1) is 14.1. The molecule has 2 aromatic rings. The molecule has 0 saturated heterocycles. The van der Waals surface area contributed by atoms with Crippen molar-refractivity contribution in [1.29, 1.82) is 0 Å². The monoisotopic (exact) mass is 298 g/mol. The van der Waals surface area contributed by atoms with Crippen LogP contribution in [0.2, 0.25) is 5.02 Å². The van der Waals surface area contributed by atoms with Gasteiger partial charge in [-0.15, -0.1) is 0 Å². The summed E-state index contributed by atoms with van der Waals surface area (Å²) in [5.74, 6) is -2.62. The Labute approximate surface area is 117 Å². The highest BCUT2D eigenvalue weighted by Crippen LogP contribution is 2.30. The van der Waals surface area contributed by atoms with Crippen molar-refractivity contribution in [3.63, 3.8) is 0 Å². The van der Waals surface area contributed by atoms with E-state index >= 15 is 0 Å². The van der Waals surface area contributed by atoms with Gasteiger partial charge in [-0.1, -0.05) is 11.6 Å². The van der Waals surface area contributed by atoms with E-state index in [9.17, 15) is 13.6 Å². The highest BCUT2D eigenvalue weighted by molar-refractivity contribution is 6.30. The van der Waals surface area contributed by atoms with Crippen LogP contribution in [-0.4, -0.2) is 5.91 Å². The number of amides is 1. The number of primary amides is 1. The zero-order valence-electron chi connectivity index (χ0n) is 9.99. The first-order chi connectivity index (χ1) is 9.38. The van der Waals surface area contributed by atoms with Gasteiger partial charge in [0.05, 0.1) is 10.6 Å². The van der Waals surface area contributed by atoms with E-state index in [0.717, 1.165) is 18.2 Å². The lowest BCUT2D eigenvalue weighted by Gasteiger charge is -2.10. The molecule has 0 unspecified atom stereocenters. The lowest BCUT2D eigenvalue weighted by molar-refractivity contribution is 0.100. The number of carbonyl (C=O) groups is 1. The van der Waals surface area contributed by atoms with Crippen LogP contribution in [0.15, 0.2) is 30.3 Å². The van der Waals surface area contributed by atoms with E-state index in [1.807, 2.05) is 0 Å². The number of halogens is 3. The van der Waals surface area contributed by atoms with Gasteiger partial charge in [-0.3, -0.25) is 4.79 Å². The minimum atomic E-state index is -0.824. The van der Waals surface area contributed by atoms with Crippen molar-refractivity contribution in [2.24, 2.45) is 5.73 Å². The molecule has 0 atom stereocenters. The lowest BCUT2D eigenvalue weighted by atomic mass is 10.1. The Morgan fingerprint density at radius 3 is 2.45 bits per heavy atom. The fourth-order valence-corrected chi connectivity index (χ4v) is 1.65. The van der Waals surface area contributed by atoms with Crippen LogP contribution in [0.25, 0.3) is 0 Å². The van der Waals surface area contributed by atoms with Crippen molar-refractivity contribution in [2.45, 2.75) is 0 Å². The molecule has 2 rings (SSSR count). The van der Waals surface area contributed by atoms with Gasteiger partial charge in [-0.05, 0) is 18.2 Å². The SMILES string of the molecule is NC(=O)c1cc(Oc2ccc(Cl)c(F)c2)c(F)cc1N. The van der Waals surface area contributed by atoms with Crippen LogP contribution in [-0.2, 0) is 0 Å². The first-order valence-electron chi connectivity index (χ1n) is 5.40. The minimum Gasteiger partial charge on any atom is -0.454 e. The number of hydrogen-bond acceptors (Lipinski definition) is 3. The quantitative estimate of drug-likeness (QED) is 0.855. The maximum atomic E-state index is 13.7. The van der Waals surface area contributed by atoms with Crippen molar-refractivity contribution < 1.29 is 18.3 Å². The topological polar surface area (TPSA) is 78.3 Å². The van der Waals surface area contributed by atoms with Crippen molar-refractivity contribution in [3.8, 4) is 11.5 Å².